The second-order valence-electron chi connectivity index (χ2n) is 2.67. The minimum Gasteiger partial charge on any atom is -0.361 e. The first kappa shape index (κ1) is 8.14. The summed E-state index contributed by atoms with van der Waals surface area (Å²) >= 11 is 0. The predicted molar refractivity (Wildman–Crippen MR) is 39.2 cm³/mol. The van der Waals surface area contributed by atoms with E-state index < -0.39 is 0 Å². The van der Waals surface area contributed by atoms with Crippen molar-refractivity contribution in [2.75, 3.05) is 0 Å². The van der Waals surface area contributed by atoms with Gasteiger partial charge in [-0.25, -0.2) is 0 Å². The van der Waals surface area contributed by atoms with Gasteiger partial charge >= 0.3 is 0 Å². The molecule has 1 saturated heterocycles. The summed E-state index contributed by atoms with van der Waals surface area (Å²) in [6, 6.07) is 0. The maximum absolute atomic E-state index is 11.0. The van der Waals surface area contributed by atoms with Crippen molar-refractivity contribution in [3.05, 3.63) is 11.6 Å². The van der Waals surface area contributed by atoms with Crippen LogP contribution in [0.5, 0.6) is 0 Å². The van der Waals surface area contributed by atoms with Crippen LogP contribution in [0.2, 0.25) is 0 Å². The summed E-state index contributed by atoms with van der Waals surface area (Å²) in [5.74, 6) is -0.109. The molecule has 0 N–H and O–H groups in total. The third-order valence-corrected chi connectivity index (χ3v) is 1.55. The van der Waals surface area contributed by atoms with Crippen LogP contribution in [0.15, 0.2) is 11.6 Å². The molecule has 1 rings (SSSR count). The molecule has 60 valence electrons. The smallest absolute Gasteiger partial charge is 0.187 e. The highest BCUT2D eigenvalue weighted by Crippen LogP contribution is 2.22. The van der Waals surface area contributed by atoms with E-state index in [0.717, 1.165) is 0 Å². The molecule has 0 saturated carbocycles. The highest BCUT2D eigenvalue weighted by atomic mass is 16.6. The number of carbonyl (C=O) groups is 2. The number of ketones is 1. The largest absolute Gasteiger partial charge is 0.361 e. The number of hydrogen-bond donors (Lipinski definition) is 0. The van der Waals surface area contributed by atoms with Crippen LogP contribution in [0.1, 0.15) is 13.8 Å². The molecule has 0 aromatic heterocycles. The minimum atomic E-state index is -0.301. The van der Waals surface area contributed by atoms with E-state index in [1.165, 1.54) is 6.08 Å². The zero-order valence-corrected chi connectivity index (χ0v) is 6.53. The molecular weight excluding hydrogens is 144 g/mol. The molecule has 2 unspecified atom stereocenters. The van der Waals surface area contributed by atoms with Crippen LogP contribution in [-0.2, 0) is 14.3 Å². The first-order valence-electron chi connectivity index (χ1n) is 3.48. The number of aldehydes is 1. The minimum absolute atomic E-state index is 0.0261. The summed E-state index contributed by atoms with van der Waals surface area (Å²) in [6.07, 6.45) is 1.70. The van der Waals surface area contributed by atoms with E-state index in [9.17, 15) is 9.59 Å². The molecule has 1 aliphatic rings. The van der Waals surface area contributed by atoms with E-state index in [1.807, 2.05) is 6.92 Å². The highest BCUT2D eigenvalue weighted by molar-refractivity contribution is 5.99. The van der Waals surface area contributed by atoms with Gasteiger partial charge in [-0.15, -0.1) is 0 Å². The van der Waals surface area contributed by atoms with Gasteiger partial charge in [0.05, 0.1) is 6.10 Å². The number of ether oxygens (including phenoxy) is 1. The Morgan fingerprint density at radius 3 is 2.45 bits per heavy atom. The Balaban J connectivity index is 2.50. The molecular formula is C8H10O3. The summed E-state index contributed by atoms with van der Waals surface area (Å²) in [5, 5.41) is 0. The fourth-order valence-corrected chi connectivity index (χ4v) is 0.825. The molecule has 0 spiro atoms. The van der Waals surface area contributed by atoms with Crippen molar-refractivity contribution in [1.82, 2.24) is 0 Å². The van der Waals surface area contributed by atoms with Crippen molar-refractivity contribution in [1.29, 1.82) is 0 Å². The lowest BCUT2D eigenvalue weighted by atomic mass is 10.2. The van der Waals surface area contributed by atoms with Gasteiger partial charge < -0.3 is 4.74 Å². The van der Waals surface area contributed by atoms with Crippen molar-refractivity contribution >= 4 is 12.1 Å². The van der Waals surface area contributed by atoms with Gasteiger partial charge in [-0.05, 0) is 25.5 Å². The van der Waals surface area contributed by atoms with Gasteiger partial charge in [-0.3, -0.25) is 9.59 Å². The topological polar surface area (TPSA) is 46.7 Å². The number of carbonyl (C=O) groups excluding carboxylic acids is 2. The maximum atomic E-state index is 11.0. The van der Waals surface area contributed by atoms with Crippen molar-refractivity contribution in [2.24, 2.45) is 0 Å². The molecule has 0 aliphatic carbocycles. The summed E-state index contributed by atoms with van der Waals surface area (Å²) in [7, 11) is 0. The Kier molecular flexibility index (Phi) is 2.19. The molecule has 0 bridgehead atoms. The first-order valence-corrected chi connectivity index (χ1v) is 3.48. The van der Waals surface area contributed by atoms with Crippen molar-refractivity contribution in [3.63, 3.8) is 0 Å². The zero-order valence-electron chi connectivity index (χ0n) is 6.53. The number of epoxide rings is 1. The van der Waals surface area contributed by atoms with Gasteiger partial charge in [0.1, 0.15) is 12.4 Å². The second kappa shape index (κ2) is 2.96. The van der Waals surface area contributed by atoms with E-state index in [1.54, 1.807) is 6.92 Å². The standard InChI is InChI=1S/C8H10O3/c1-5(4-9)3-7(10)8-6(2)11-8/h3-4,6,8H,1-2H3/b5-3-. The third kappa shape index (κ3) is 1.98. The van der Waals surface area contributed by atoms with E-state index in [-0.39, 0.29) is 18.0 Å². The van der Waals surface area contributed by atoms with Crippen LogP contribution < -0.4 is 0 Å². The summed E-state index contributed by atoms with van der Waals surface area (Å²) in [4.78, 5) is 21.1. The molecule has 2 atom stereocenters. The van der Waals surface area contributed by atoms with Gasteiger partial charge in [0.15, 0.2) is 5.78 Å². The van der Waals surface area contributed by atoms with Gasteiger partial charge in [0.2, 0.25) is 0 Å². The van der Waals surface area contributed by atoms with Gasteiger partial charge in [0, 0.05) is 0 Å². The normalized spacial score (nSPS) is 29.8. The van der Waals surface area contributed by atoms with Crippen LogP contribution in [0.3, 0.4) is 0 Å². The number of allylic oxidation sites excluding steroid dienone is 1. The lowest BCUT2D eigenvalue weighted by molar-refractivity contribution is -0.116. The van der Waals surface area contributed by atoms with Crippen molar-refractivity contribution in [3.8, 4) is 0 Å². The van der Waals surface area contributed by atoms with Crippen LogP contribution in [0, 0.1) is 0 Å². The van der Waals surface area contributed by atoms with Crippen LogP contribution in [-0.4, -0.2) is 24.3 Å². The molecule has 0 radical (unpaired) electrons. The Bertz CT molecular complexity index is 217. The molecule has 3 heteroatoms. The molecule has 1 aliphatic heterocycles. The quantitative estimate of drug-likeness (QED) is 0.337. The average molecular weight is 154 g/mol. The van der Waals surface area contributed by atoms with E-state index in [4.69, 9.17) is 4.74 Å². The fourth-order valence-electron chi connectivity index (χ4n) is 0.825. The molecule has 0 aromatic rings. The van der Waals surface area contributed by atoms with Gasteiger partial charge in [-0.1, -0.05) is 0 Å². The summed E-state index contributed by atoms with van der Waals surface area (Å²) < 4.78 is 4.91. The molecule has 3 nitrogen and oxygen atoms in total. The van der Waals surface area contributed by atoms with Crippen molar-refractivity contribution < 1.29 is 14.3 Å². The van der Waals surface area contributed by atoms with Crippen molar-refractivity contribution in [2.45, 2.75) is 26.1 Å². The Morgan fingerprint density at radius 2 is 2.09 bits per heavy atom. The second-order valence-corrected chi connectivity index (χ2v) is 2.67. The third-order valence-electron chi connectivity index (χ3n) is 1.55. The van der Waals surface area contributed by atoms with Crippen LogP contribution in [0.4, 0.5) is 0 Å². The Hall–Kier alpha value is -0.960. The Labute approximate surface area is 65.0 Å². The molecule has 1 fully saturated rings. The van der Waals surface area contributed by atoms with Gasteiger partial charge in [0.25, 0.3) is 0 Å². The lowest BCUT2D eigenvalue weighted by Gasteiger charge is -1.86. The summed E-state index contributed by atoms with van der Waals surface area (Å²) in [6.45, 7) is 3.42. The van der Waals surface area contributed by atoms with Crippen LogP contribution >= 0.6 is 0 Å². The monoisotopic (exact) mass is 154 g/mol. The number of rotatable bonds is 3. The highest BCUT2D eigenvalue weighted by Gasteiger charge is 2.39. The zero-order chi connectivity index (χ0) is 8.43. The SMILES string of the molecule is C/C(C=O)=C/C(=O)C1OC1C. The average Bonchev–Trinajstić information content (AvgIpc) is 2.66. The Morgan fingerprint density at radius 1 is 1.55 bits per heavy atom. The van der Waals surface area contributed by atoms with Crippen LogP contribution in [0.25, 0.3) is 0 Å². The fraction of sp³-hybridized carbons (Fsp3) is 0.500. The predicted octanol–water partition coefficient (Wildman–Crippen LogP) is 0.488. The van der Waals surface area contributed by atoms with Gasteiger partial charge in [-0.2, -0.15) is 0 Å². The van der Waals surface area contributed by atoms with E-state index in [2.05, 4.69) is 0 Å². The lowest BCUT2D eigenvalue weighted by Crippen LogP contribution is -2.05. The molecule has 0 aromatic carbocycles. The maximum Gasteiger partial charge on any atom is 0.187 e. The van der Waals surface area contributed by atoms with E-state index in [0.29, 0.717) is 11.9 Å². The first-order chi connectivity index (χ1) is 5.15. The van der Waals surface area contributed by atoms with E-state index >= 15 is 0 Å². The number of hydrogen-bond acceptors (Lipinski definition) is 3. The molecule has 11 heavy (non-hydrogen) atoms. The molecule has 1 heterocycles. The summed E-state index contributed by atoms with van der Waals surface area (Å²) in [5.41, 5.74) is 0.442. The molecule has 0 amide bonds.